The molecule has 0 aromatic carbocycles. The van der Waals surface area contributed by atoms with Crippen molar-refractivity contribution < 1.29 is 28.6 Å². The van der Waals surface area contributed by atoms with Gasteiger partial charge < -0.3 is 14.2 Å². The molecule has 0 saturated heterocycles. The van der Waals surface area contributed by atoms with E-state index in [4.69, 9.17) is 14.2 Å². The van der Waals surface area contributed by atoms with E-state index in [-0.39, 0.29) is 37.5 Å². The predicted molar refractivity (Wildman–Crippen MR) is 265 cm³/mol. The van der Waals surface area contributed by atoms with E-state index in [2.05, 4.69) is 118 Å². The molecule has 6 heteroatoms. The summed E-state index contributed by atoms with van der Waals surface area (Å²) in [5, 5.41) is 0. The van der Waals surface area contributed by atoms with E-state index in [0.29, 0.717) is 12.8 Å². The Morgan fingerprint density at radius 2 is 0.677 bits per heavy atom. The highest BCUT2D eigenvalue weighted by Gasteiger charge is 2.19. The second kappa shape index (κ2) is 50.0. The van der Waals surface area contributed by atoms with Crippen molar-refractivity contribution in [2.24, 2.45) is 0 Å². The molecule has 0 rings (SSSR count). The van der Waals surface area contributed by atoms with Crippen LogP contribution in [0.2, 0.25) is 0 Å². The van der Waals surface area contributed by atoms with Gasteiger partial charge in [-0.2, -0.15) is 0 Å². The molecule has 0 aliphatic rings. The highest BCUT2D eigenvalue weighted by Crippen LogP contribution is 2.13. The van der Waals surface area contributed by atoms with Crippen LogP contribution in [0.25, 0.3) is 0 Å². The third-order valence-corrected chi connectivity index (χ3v) is 10.3. The van der Waals surface area contributed by atoms with Gasteiger partial charge in [-0.3, -0.25) is 14.4 Å². The fourth-order valence-electron chi connectivity index (χ4n) is 6.58. The summed E-state index contributed by atoms with van der Waals surface area (Å²) in [6.45, 7) is 6.32. The van der Waals surface area contributed by atoms with Crippen LogP contribution in [0.3, 0.4) is 0 Å². The molecule has 0 heterocycles. The first-order chi connectivity index (χ1) is 30.5. The summed E-state index contributed by atoms with van der Waals surface area (Å²) in [4.78, 5) is 37.8. The van der Waals surface area contributed by atoms with Crippen LogP contribution in [0, 0.1) is 0 Å². The minimum absolute atomic E-state index is 0.107. The minimum atomic E-state index is -0.810. The topological polar surface area (TPSA) is 78.9 Å². The van der Waals surface area contributed by atoms with Crippen molar-refractivity contribution >= 4 is 17.9 Å². The van der Waals surface area contributed by atoms with Crippen LogP contribution in [0.15, 0.2) is 97.2 Å². The number of rotatable bonds is 44. The summed E-state index contributed by atoms with van der Waals surface area (Å²) in [5.41, 5.74) is 0. The Morgan fingerprint density at radius 1 is 0.355 bits per heavy atom. The molecule has 0 N–H and O–H groups in total. The summed E-state index contributed by atoms with van der Waals surface area (Å²) >= 11 is 0. The number of allylic oxidation sites excluding steroid dienone is 16. The molecule has 0 spiro atoms. The van der Waals surface area contributed by atoms with Gasteiger partial charge in [0.2, 0.25) is 0 Å². The van der Waals surface area contributed by atoms with Crippen LogP contribution in [0.4, 0.5) is 0 Å². The largest absolute Gasteiger partial charge is 0.462 e. The lowest BCUT2D eigenvalue weighted by molar-refractivity contribution is -0.167. The fraction of sp³-hybridized carbons (Fsp3) is 0.661. The maximum Gasteiger partial charge on any atom is 0.306 e. The summed E-state index contributed by atoms with van der Waals surface area (Å²) in [7, 11) is 0. The molecular formula is C56H92O6. The van der Waals surface area contributed by atoms with Gasteiger partial charge in [-0.1, -0.05) is 189 Å². The van der Waals surface area contributed by atoms with E-state index in [1.807, 2.05) is 0 Å². The molecule has 0 radical (unpaired) electrons. The predicted octanol–water partition coefficient (Wildman–Crippen LogP) is 16.6. The van der Waals surface area contributed by atoms with Crippen LogP contribution in [0.1, 0.15) is 220 Å². The van der Waals surface area contributed by atoms with Crippen molar-refractivity contribution in [1.82, 2.24) is 0 Å². The number of esters is 3. The average Bonchev–Trinajstić information content (AvgIpc) is 3.27. The number of carbonyl (C=O) groups excluding carboxylic acids is 3. The summed E-state index contributed by atoms with van der Waals surface area (Å²) in [6, 6.07) is 0. The molecule has 0 aliphatic carbocycles. The van der Waals surface area contributed by atoms with Gasteiger partial charge in [0.15, 0.2) is 6.10 Å². The number of hydrogen-bond donors (Lipinski definition) is 0. The Balaban J connectivity index is 4.42. The van der Waals surface area contributed by atoms with E-state index < -0.39 is 6.10 Å². The SMILES string of the molecule is CC/C=C\C/C=C\C/C=C\C/C=C\CCCCCCCCC(=O)OCC(COC(=O)CCCC/C=C\C/C=C\CC)OC(=O)CCCCC/C=C\C=C/CCCCCCCCC. The Morgan fingerprint density at radius 3 is 1.13 bits per heavy atom. The third kappa shape index (κ3) is 47.4. The van der Waals surface area contributed by atoms with Gasteiger partial charge in [-0.05, 0) is 109 Å². The van der Waals surface area contributed by atoms with Gasteiger partial charge in [0.25, 0.3) is 0 Å². The second-order valence-corrected chi connectivity index (χ2v) is 16.3. The second-order valence-electron chi connectivity index (χ2n) is 16.3. The van der Waals surface area contributed by atoms with Crippen molar-refractivity contribution in [2.75, 3.05) is 13.2 Å². The smallest absolute Gasteiger partial charge is 0.306 e. The fourth-order valence-corrected chi connectivity index (χ4v) is 6.58. The zero-order valence-electron chi connectivity index (χ0n) is 40.1. The highest BCUT2D eigenvalue weighted by atomic mass is 16.6. The molecule has 0 bridgehead atoms. The lowest BCUT2D eigenvalue weighted by atomic mass is 10.1. The van der Waals surface area contributed by atoms with Crippen molar-refractivity contribution in [3.63, 3.8) is 0 Å². The number of hydrogen-bond acceptors (Lipinski definition) is 6. The Bertz CT molecular complexity index is 1260. The lowest BCUT2D eigenvalue weighted by Gasteiger charge is -2.18. The molecule has 62 heavy (non-hydrogen) atoms. The summed E-state index contributed by atoms with van der Waals surface area (Å²) in [6.07, 6.45) is 65.5. The van der Waals surface area contributed by atoms with Crippen LogP contribution in [0.5, 0.6) is 0 Å². The third-order valence-electron chi connectivity index (χ3n) is 10.3. The van der Waals surface area contributed by atoms with Crippen molar-refractivity contribution in [3.05, 3.63) is 97.2 Å². The standard InChI is InChI=1S/C56H92O6/c1-4-7-10-13-16-19-21-23-25-27-28-29-31-32-34-37-40-43-46-49-55(58)61-52-53(51-60-54(57)48-45-42-39-36-18-15-12-9-6-3)62-56(59)50-47-44-41-38-35-33-30-26-24-22-20-17-14-11-8-5-2/h7,9-10,12,16,18-19,23,25-26,28-30,33,35-36,53H,4-6,8,11,13-15,17,20-22,24,27,31-32,34,37-52H2,1-3H3/b10-7-,12-9-,19-16-,25-23-,29-28-,30-26-,35-33-,36-18-. The van der Waals surface area contributed by atoms with Crippen LogP contribution < -0.4 is 0 Å². The van der Waals surface area contributed by atoms with Crippen molar-refractivity contribution in [2.45, 2.75) is 226 Å². The molecule has 352 valence electrons. The average molecular weight is 861 g/mol. The Hall–Kier alpha value is -3.67. The van der Waals surface area contributed by atoms with Gasteiger partial charge in [0.1, 0.15) is 13.2 Å². The van der Waals surface area contributed by atoms with Crippen molar-refractivity contribution in [1.29, 1.82) is 0 Å². The normalized spacial score (nSPS) is 12.9. The Kier molecular flexibility index (Phi) is 47.0. The van der Waals surface area contributed by atoms with Gasteiger partial charge in [-0.25, -0.2) is 0 Å². The van der Waals surface area contributed by atoms with Crippen LogP contribution >= 0.6 is 0 Å². The van der Waals surface area contributed by atoms with Gasteiger partial charge >= 0.3 is 17.9 Å². The zero-order chi connectivity index (χ0) is 45.1. The lowest BCUT2D eigenvalue weighted by Crippen LogP contribution is -2.30. The summed E-state index contributed by atoms with van der Waals surface area (Å²) in [5.74, 6) is -0.990. The number of unbranched alkanes of at least 4 members (excludes halogenated alkanes) is 18. The van der Waals surface area contributed by atoms with Gasteiger partial charge in [-0.15, -0.1) is 0 Å². The first kappa shape index (κ1) is 58.3. The molecule has 0 aromatic rings. The van der Waals surface area contributed by atoms with E-state index >= 15 is 0 Å². The molecule has 0 fully saturated rings. The van der Waals surface area contributed by atoms with Crippen molar-refractivity contribution in [3.8, 4) is 0 Å². The van der Waals surface area contributed by atoms with E-state index in [9.17, 15) is 14.4 Å². The molecule has 6 nitrogen and oxygen atoms in total. The van der Waals surface area contributed by atoms with Gasteiger partial charge in [0, 0.05) is 19.3 Å². The molecule has 1 unspecified atom stereocenters. The van der Waals surface area contributed by atoms with Gasteiger partial charge in [0.05, 0.1) is 0 Å². The van der Waals surface area contributed by atoms with E-state index in [0.717, 1.165) is 122 Å². The molecule has 0 aliphatic heterocycles. The Labute approximate surface area is 381 Å². The van der Waals surface area contributed by atoms with Crippen LogP contribution in [-0.2, 0) is 28.6 Å². The maximum absolute atomic E-state index is 12.8. The monoisotopic (exact) mass is 861 g/mol. The van der Waals surface area contributed by atoms with E-state index in [1.165, 1.54) is 57.8 Å². The molecule has 0 saturated carbocycles. The number of ether oxygens (including phenoxy) is 3. The maximum atomic E-state index is 12.8. The van der Waals surface area contributed by atoms with Crippen LogP contribution in [-0.4, -0.2) is 37.2 Å². The summed E-state index contributed by atoms with van der Waals surface area (Å²) < 4.78 is 16.7. The first-order valence-electron chi connectivity index (χ1n) is 25.3. The highest BCUT2D eigenvalue weighted by molar-refractivity contribution is 5.71. The minimum Gasteiger partial charge on any atom is -0.462 e. The number of carbonyl (C=O) groups is 3. The quantitative estimate of drug-likeness (QED) is 0.0200. The molecular weight excluding hydrogens is 769 g/mol. The molecule has 0 aromatic heterocycles. The first-order valence-corrected chi connectivity index (χ1v) is 25.3. The molecule has 0 amide bonds. The zero-order valence-corrected chi connectivity index (χ0v) is 40.1. The molecule has 1 atom stereocenters. The van der Waals surface area contributed by atoms with E-state index in [1.54, 1.807) is 0 Å².